The van der Waals surface area contributed by atoms with Gasteiger partial charge in [0, 0.05) is 45.5 Å². The molecule has 0 spiro atoms. The van der Waals surface area contributed by atoms with Gasteiger partial charge in [-0.05, 0) is 31.2 Å². The molecule has 0 amide bonds. The summed E-state index contributed by atoms with van der Waals surface area (Å²) in [6, 6.07) is 6.67. The molecule has 0 radical (unpaired) electrons. The van der Waals surface area contributed by atoms with Gasteiger partial charge >= 0.3 is 0 Å². The predicted octanol–water partition coefficient (Wildman–Crippen LogP) is 1.95. The van der Waals surface area contributed by atoms with E-state index in [0.717, 1.165) is 50.2 Å². The maximum absolute atomic E-state index is 13.1. The van der Waals surface area contributed by atoms with Crippen molar-refractivity contribution < 1.29 is 4.39 Å². The van der Waals surface area contributed by atoms with Crippen LogP contribution in [-0.2, 0) is 13.1 Å². The summed E-state index contributed by atoms with van der Waals surface area (Å²) in [6.07, 6.45) is 1.74. The van der Waals surface area contributed by atoms with Crippen LogP contribution in [-0.4, -0.2) is 58.9 Å². The second-order valence-electron chi connectivity index (χ2n) is 5.88. The number of hydrogen-bond acceptors (Lipinski definition) is 4. The van der Waals surface area contributed by atoms with Crippen LogP contribution in [0.3, 0.4) is 0 Å². The monoisotopic (exact) mass is 473 g/mol. The zero-order valence-corrected chi connectivity index (χ0v) is 17.4. The number of aryl methyl sites for hydroxylation is 1. The largest absolute Gasteiger partial charge is 0.368 e. The number of hydrogen-bond donors (Lipinski definition) is 1. The molecule has 2 heterocycles. The number of nitrogens with one attached hydrogen (secondary N) is 1. The number of piperazine rings is 1. The highest BCUT2D eigenvalue weighted by Gasteiger charge is 2.20. The molecule has 26 heavy (non-hydrogen) atoms. The van der Waals surface area contributed by atoms with E-state index < -0.39 is 0 Å². The highest BCUT2D eigenvalue weighted by molar-refractivity contribution is 14.0. The lowest BCUT2D eigenvalue weighted by Crippen LogP contribution is -2.52. The van der Waals surface area contributed by atoms with E-state index in [1.165, 1.54) is 12.1 Å². The third kappa shape index (κ3) is 4.83. The minimum absolute atomic E-state index is 0. The molecule has 3 rings (SSSR count). The summed E-state index contributed by atoms with van der Waals surface area (Å²) >= 11 is 0. The standard InChI is InChI=1S/C17H24FN7.HI/c1-3-23-13-21-22-16(23)12-20-17(19-2)25-10-8-24(9-11-25)15-6-4-14(18)5-7-15;/h4-7,13H,3,8-12H2,1-2H3,(H,19,20);1H. The van der Waals surface area contributed by atoms with E-state index >= 15 is 0 Å². The van der Waals surface area contributed by atoms with Crippen LogP contribution < -0.4 is 10.2 Å². The van der Waals surface area contributed by atoms with Crippen molar-refractivity contribution in [2.45, 2.75) is 20.0 Å². The van der Waals surface area contributed by atoms with E-state index in [-0.39, 0.29) is 29.8 Å². The van der Waals surface area contributed by atoms with E-state index in [1.54, 1.807) is 13.4 Å². The van der Waals surface area contributed by atoms with Crippen LogP contribution in [0.2, 0.25) is 0 Å². The fourth-order valence-electron chi connectivity index (χ4n) is 3.00. The number of nitrogens with zero attached hydrogens (tertiary/aromatic N) is 6. The van der Waals surface area contributed by atoms with Crippen molar-refractivity contribution in [1.29, 1.82) is 0 Å². The van der Waals surface area contributed by atoms with Crippen LogP contribution in [0.15, 0.2) is 35.6 Å². The normalized spacial score (nSPS) is 15.0. The first-order valence-electron chi connectivity index (χ1n) is 8.54. The van der Waals surface area contributed by atoms with E-state index in [4.69, 9.17) is 0 Å². The SMILES string of the molecule is CCn1cnnc1CNC(=NC)N1CCN(c2ccc(F)cc2)CC1.I. The van der Waals surface area contributed by atoms with Gasteiger partial charge in [0.1, 0.15) is 12.1 Å². The Morgan fingerprint density at radius 1 is 1.19 bits per heavy atom. The fraction of sp³-hybridized carbons (Fsp3) is 0.471. The van der Waals surface area contributed by atoms with Gasteiger partial charge in [0.15, 0.2) is 11.8 Å². The van der Waals surface area contributed by atoms with Crippen molar-refractivity contribution >= 4 is 35.6 Å². The molecule has 9 heteroatoms. The van der Waals surface area contributed by atoms with E-state index in [9.17, 15) is 4.39 Å². The lowest BCUT2D eigenvalue weighted by atomic mass is 10.2. The molecule has 2 aromatic rings. The molecule has 142 valence electrons. The number of anilines is 1. The highest BCUT2D eigenvalue weighted by atomic mass is 127. The number of aliphatic imine (C=N–C) groups is 1. The summed E-state index contributed by atoms with van der Waals surface area (Å²) in [5, 5.41) is 11.4. The van der Waals surface area contributed by atoms with Crippen molar-refractivity contribution in [2.24, 2.45) is 4.99 Å². The summed E-state index contributed by atoms with van der Waals surface area (Å²) in [5.74, 6) is 1.56. The first kappa shape index (κ1) is 20.4. The molecule has 1 aromatic carbocycles. The van der Waals surface area contributed by atoms with Gasteiger partial charge < -0.3 is 19.7 Å². The summed E-state index contributed by atoms with van der Waals surface area (Å²) in [4.78, 5) is 8.87. The summed E-state index contributed by atoms with van der Waals surface area (Å²) in [7, 11) is 1.79. The van der Waals surface area contributed by atoms with Gasteiger partial charge in [-0.3, -0.25) is 4.99 Å². The first-order chi connectivity index (χ1) is 12.2. The topological polar surface area (TPSA) is 61.6 Å². The number of rotatable bonds is 4. The minimum Gasteiger partial charge on any atom is -0.368 e. The Labute approximate surface area is 170 Å². The second kappa shape index (κ2) is 9.70. The van der Waals surface area contributed by atoms with Crippen LogP contribution in [0.5, 0.6) is 0 Å². The van der Waals surface area contributed by atoms with Gasteiger partial charge in [-0.1, -0.05) is 0 Å². The number of halogens is 2. The maximum Gasteiger partial charge on any atom is 0.194 e. The third-order valence-electron chi connectivity index (χ3n) is 4.42. The second-order valence-corrected chi connectivity index (χ2v) is 5.88. The number of benzene rings is 1. The lowest BCUT2D eigenvalue weighted by molar-refractivity contribution is 0.371. The Morgan fingerprint density at radius 3 is 2.50 bits per heavy atom. The van der Waals surface area contributed by atoms with Crippen molar-refractivity contribution in [3.05, 3.63) is 42.2 Å². The van der Waals surface area contributed by atoms with E-state index in [1.807, 2.05) is 16.7 Å². The van der Waals surface area contributed by atoms with Gasteiger partial charge in [0.25, 0.3) is 0 Å². The van der Waals surface area contributed by atoms with E-state index in [2.05, 4.69) is 37.2 Å². The third-order valence-corrected chi connectivity index (χ3v) is 4.42. The molecule has 1 aromatic heterocycles. The zero-order valence-electron chi connectivity index (χ0n) is 15.1. The Hall–Kier alpha value is -1.91. The molecule has 1 fully saturated rings. The van der Waals surface area contributed by atoms with Crippen LogP contribution in [0.1, 0.15) is 12.7 Å². The van der Waals surface area contributed by atoms with Gasteiger partial charge in [-0.2, -0.15) is 0 Å². The van der Waals surface area contributed by atoms with Gasteiger partial charge in [0.05, 0.1) is 6.54 Å². The van der Waals surface area contributed by atoms with Crippen molar-refractivity contribution in [2.75, 3.05) is 38.1 Å². The Morgan fingerprint density at radius 2 is 1.88 bits per heavy atom. The van der Waals surface area contributed by atoms with Crippen LogP contribution >= 0.6 is 24.0 Å². The van der Waals surface area contributed by atoms with Crippen molar-refractivity contribution in [3.8, 4) is 0 Å². The zero-order chi connectivity index (χ0) is 17.6. The van der Waals surface area contributed by atoms with E-state index in [0.29, 0.717) is 6.54 Å². The summed E-state index contributed by atoms with van der Waals surface area (Å²) < 4.78 is 15.1. The van der Waals surface area contributed by atoms with Crippen LogP contribution in [0, 0.1) is 5.82 Å². The Bertz CT molecular complexity index is 708. The first-order valence-corrected chi connectivity index (χ1v) is 8.54. The molecular weight excluding hydrogens is 448 g/mol. The van der Waals surface area contributed by atoms with Gasteiger partial charge in [-0.25, -0.2) is 4.39 Å². The lowest BCUT2D eigenvalue weighted by Gasteiger charge is -2.37. The van der Waals surface area contributed by atoms with Crippen molar-refractivity contribution in [1.82, 2.24) is 25.0 Å². The summed E-state index contributed by atoms with van der Waals surface area (Å²) in [5.41, 5.74) is 1.06. The number of aromatic nitrogens is 3. The minimum atomic E-state index is -0.202. The quantitative estimate of drug-likeness (QED) is 0.418. The molecular formula is C17H25FIN7. The molecule has 0 bridgehead atoms. The molecule has 0 aliphatic carbocycles. The molecule has 0 atom stereocenters. The number of guanidine groups is 1. The average Bonchev–Trinajstić information content (AvgIpc) is 3.11. The van der Waals surface area contributed by atoms with Crippen molar-refractivity contribution in [3.63, 3.8) is 0 Å². The van der Waals surface area contributed by atoms with Gasteiger partial charge in [-0.15, -0.1) is 34.2 Å². The molecule has 1 aliphatic rings. The molecule has 1 aliphatic heterocycles. The summed E-state index contributed by atoms with van der Waals surface area (Å²) in [6.45, 7) is 6.97. The Kier molecular flexibility index (Phi) is 7.61. The molecule has 0 saturated carbocycles. The molecule has 1 N–H and O–H groups in total. The fourth-order valence-corrected chi connectivity index (χ4v) is 3.00. The molecule has 7 nitrogen and oxygen atoms in total. The smallest absolute Gasteiger partial charge is 0.194 e. The Balaban J connectivity index is 0.00000243. The van der Waals surface area contributed by atoms with Crippen LogP contribution in [0.4, 0.5) is 10.1 Å². The molecule has 1 saturated heterocycles. The average molecular weight is 473 g/mol. The van der Waals surface area contributed by atoms with Gasteiger partial charge in [0.2, 0.25) is 0 Å². The van der Waals surface area contributed by atoms with Crippen LogP contribution in [0.25, 0.3) is 0 Å². The molecule has 0 unspecified atom stereocenters. The maximum atomic E-state index is 13.1. The predicted molar refractivity (Wildman–Crippen MR) is 111 cm³/mol. The highest BCUT2D eigenvalue weighted by Crippen LogP contribution is 2.17.